The van der Waals surface area contributed by atoms with Gasteiger partial charge in [0.05, 0.1) is 32.9 Å². The molecular weight excluding hydrogens is 407 g/mol. The highest BCUT2D eigenvalue weighted by Gasteiger charge is 2.37. The number of nitrogens with two attached hydrogens (primary N) is 1. The van der Waals surface area contributed by atoms with Crippen LogP contribution >= 0.6 is 23.2 Å². The van der Waals surface area contributed by atoms with Gasteiger partial charge in [-0.1, -0.05) is 60.8 Å². The van der Waals surface area contributed by atoms with E-state index in [0.717, 1.165) is 35.3 Å². The van der Waals surface area contributed by atoms with Crippen LogP contribution in [0.25, 0.3) is 5.69 Å². The summed E-state index contributed by atoms with van der Waals surface area (Å²) in [6, 6.07) is 17.3. The minimum Gasteiger partial charge on any atom is -0.422 e. The molecule has 0 aliphatic carbocycles. The monoisotopic (exact) mass is 424 g/mol. The number of aryl methyl sites for hydroxylation is 1. The van der Waals surface area contributed by atoms with Crippen LogP contribution in [0.5, 0.6) is 5.88 Å². The third-order valence-electron chi connectivity index (χ3n) is 4.89. The normalized spacial score (nSPS) is 15.6. The van der Waals surface area contributed by atoms with Crippen molar-refractivity contribution in [2.45, 2.75) is 25.7 Å². The zero-order chi connectivity index (χ0) is 20.5. The van der Waals surface area contributed by atoms with Gasteiger partial charge in [-0.05, 0) is 36.2 Å². The topological polar surface area (TPSA) is 76.9 Å². The first-order chi connectivity index (χ1) is 14.0. The van der Waals surface area contributed by atoms with Crippen molar-refractivity contribution in [1.29, 1.82) is 5.26 Å². The molecule has 0 spiro atoms. The molecule has 2 heterocycles. The number of ether oxygens (including phenoxy) is 1. The van der Waals surface area contributed by atoms with Crippen molar-refractivity contribution in [3.05, 3.63) is 86.9 Å². The van der Waals surface area contributed by atoms with Crippen LogP contribution < -0.4 is 10.5 Å². The lowest BCUT2D eigenvalue weighted by Gasteiger charge is -2.25. The number of nitrogens with zero attached hydrogens (tertiary/aromatic N) is 3. The van der Waals surface area contributed by atoms with Crippen LogP contribution in [0.1, 0.15) is 36.1 Å². The van der Waals surface area contributed by atoms with Crippen molar-refractivity contribution in [1.82, 2.24) is 9.78 Å². The summed E-state index contributed by atoms with van der Waals surface area (Å²) in [6.07, 6.45) is 1.63. The molecule has 2 aromatic carbocycles. The second-order valence-corrected chi connectivity index (χ2v) is 7.58. The fourth-order valence-corrected chi connectivity index (χ4v) is 3.91. The van der Waals surface area contributed by atoms with Gasteiger partial charge in [0.1, 0.15) is 11.6 Å². The Balaban J connectivity index is 1.99. The molecular formula is C22H18Cl2N4O. The zero-order valence-electron chi connectivity index (χ0n) is 15.7. The van der Waals surface area contributed by atoms with Gasteiger partial charge >= 0.3 is 0 Å². The second-order valence-electron chi connectivity index (χ2n) is 6.76. The number of hydrogen-bond acceptors (Lipinski definition) is 4. The Labute approximate surface area is 178 Å². The highest BCUT2D eigenvalue weighted by molar-refractivity contribution is 6.42. The van der Waals surface area contributed by atoms with E-state index in [-0.39, 0.29) is 5.88 Å². The Bertz CT molecular complexity index is 1150. The van der Waals surface area contributed by atoms with E-state index >= 15 is 0 Å². The van der Waals surface area contributed by atoms with Crippen molar-refractivity contribution in [2.24, 2.45) is 5.73 Å². The average molecular weight is 425 g/mol. The smallest absolute Gasteiger partial charge is 0.229 e. The molecule has 1 atom stereocenters. The first kappa shape index (κ1) is 19.4. The quantitative estimate of drug-likeness (QED) is 0.611. The van der Waals surface area contributed by atoms with E-state index in [4.69, 9.17) is 38.8 Å². The Morgan fingerprint density at radius 3 is 2.59 bits per heavy atom. The lowest BCUT2D eigenvalue weighted by atomic mass is 9.83. The van der Waals surface area contributed by atoms with Crippen LogP contribution in [-0.2, 0) is 6.42 Å². The lowest BCUT2D eigenvalue weighted by molar-refractivity contribution is 0.367. The molecule has 3 aromatic rings. The SMILES string of the molecule is CCCc1nn(-c2ccccc2)c2c1[C@H](c1ccc(Cl)c(Cl)c1)C(C#N)=C(N)O2. The van der Waals surface area contributed by atoms with E-state index in [2.05, 4.69) is 13.0 Å². The van der Waals surface area contributed by atoms with Gasteiger partial charge in [-0.15, -0.1) is 0 Å². The van der Waals surface area contributed by atoms with Gasteiger partial charge in [-0.2, -0.15) is 10.4 Å². The van der Waals surface area contributed by atoms with E-state index in [1.807, 2.05) is 36.4 Å². The highest BCUT2D eigenvalue weighted by Crippen LogP contribution is 2.46. The van der Waals surface area contributed by atoms with Crippen molar-refractivity contribution in [2.75, 3.05) is 0 Å². The van der Waals surface area contributed by atoms with Gasteiger partial charge in [0.25, 0.3) is 0 Å². The molecule has 0 fully saturated rings. The minimum absolute atomic E-state index is 0.0659. The Kier molecular flexibility index (Phi) is 5.23. The molecule has 1 aliphatic heterocycles. The molecule has 0 unspecified atom stereocenters. The van der Waals surface area contributed by atoms with Crippen LogP contribution in [0.15, 0.2) is 60.0 Å². The predicted octanol–water partition coefficient (Wildman–Crippen LogP) is 5.35. The second kappa shape index (κ2) is 7.82. The summed E-state index contributed by atoms with van der Waals surface area (Å²) in [6.45, 7) is 2.08. The number of nitriles is 1. The Morgan fingerprint density at radius 1 is 1.17 bits per heavy atom. The van der Waals surface area contributed by atoms with Crippen molar-refractivity contribution < 1.29 is 4.74 Å². The number of halogens is 2. The summed E-state index contributed by atoms with van der Waals surface area (Å²) in [5.74, 6) is 0.154. The summed E-state index contributed by atoms with van der Waals surface area (Å²) < 4.78 is 7.67. The maximum atomic E-state index is 9.83. The van der Waals surface area contributed by atoms with Crippen LogP contribution in [0.4, 0.5) is 0 Å². The minimum atomic E-state index is -0.433. The molecule has 1 aromatic heterocycles. The van der Waals surface area contributed by atoms with E-state index in [1.165, 1.54) is 0 Å². The third kappa shape index (κ3) is 3.35. The Morgan fingerprint density at radius 2 is 1.93 bits per heavy atom. The zero-order valence-corrected chi connectivity index (χ0v) is 17.2. The largest absolute Gasteiger partial charge is 0.422 e. The number of allylic oxidation sites excluding steroid dienone is 1. The molecule has 29 heavy (non-hydrogen) atoms. The van der Waals surface area contributed by atoms with Gasteiger partial charge in [0, 0.05) is 0 Å². The number of para-hydroxylation sites is 1. The van der Waals surface area contributed by atoms with Gasteiger partial charge in [-0.25, -0.2) is 4.68 Å². The van der Waals surface area contributed by atoms with Gasteiger partial charge < -0.3 is 10.5 Å². The average Bonchev–Trinajstić information content (AvgIpc) is 3.08. The van der Waals surface area contributed by atoms with Crippen molar-refractivity contribution in [3.63, 3.8) is 0 Å². The molecule has 0 bridgehead atoms. The van der Waals surface area contributed by atoms with Gasteiger partial charge in [0.2, 0.25) is 11.8 Å². The fourth-order valence-electron chi connectivity index (χ4n) is 3.60. The molecule has 5 nitrogen and oxygen atoms in total. The number of aromatic nitrogens is 2. The number of fused-ring (bicyclic) bond motifs is 1. The van der Waals surface area contributed by atoms with Crippen LogP contribution in [0.3, 0.4) is 0 Å². The van der Waals surface area contributed by atoms with Crippen LogP contribution in [0, 0.1) is 11.3 Å². The molecule has 0 saturated heterocycles. The summed E-state index contributed by atoms with van der Waals surface area (Å²) in [7, 11) is 0. The first-order valence-electron chi connectivity index (χ1n) is 9.24. The molecule has 2 N–H and O–H groups in total. The summed E-state index contributed by atoms with van der Waals surface area (Å²) in [4.78, 5) is 0. The lowest BCUT2D eigenvalue weighted by Crippen LogP contribution is -2.22. The van der Waals surface area contributed by atoms with E-state index in [0.29, 0.717) is 21.5 Å². The van der Waals surface area contributed by atoms with Crippen molar-refractivity contribution in [3.8, 4) is 17.6 Å². The van der Waals surface area contributed by atoms with Crippen LogP contribution in [0.2, 0.25) is 10.0 Å². The van der Waals surface area contributed by atoms with E-state index in [1.54, 1.807) is 16.8 Å². The Hall–Kier alpha value is -2.94. The summed E-state index contributed by atoms with van der Waals surface area (Å²) in [5.41, 5.74) is 9.86. The number of hydrogen-bond donors (Lipinski definition) is 1. The molecule has 7 heteroatoms. The number of rotatable bonds is 4. The first-order valence-corrected chi connectivity index (χ1v) is 10.0. The molecule has 146 valence electrons. The van der Waals surface area contributed by atoms with Gasteiger partial charge in [0.15, 0.2) is 0 Å². The molecule has 0 radical (unpaired) electrons. The van der Waals surface area contributed by atoms with Crippen LogP contribution in [-0.4, -0.2) is 9.78 Å². The van der Waals surface area contributed by atoms with Crippen molar-refractivity contribution >= 4 is 23.2 Å². The maximum absolute atomic E-state index is 9.83. The van der Waals surface area contributed by atoms with E-state index in [9.17, 15) is 5.26 Å². The van der Waals surface area contributed by atoms with E-state index < -0.39 is 5.92 Å². The standard InChI is InChI=1S/C22H18Cl2N4O/c1-2-6-18-20-19(13-9-10-16(23)17(24)11-13)15(12-25)21(26)29-22(20)28(27-18)14-7-4-3-5-8-14/h3-5,7-11,19H,2,6,26H2,1H3/t19-/m1/s1. The predicted molar refractivity (Wildman–Crippen MR) is 113 cm³/mol. The summed E-state index contributed by atoms with van der Waals surface area (Å²) >= 11 is 12.4. The summed E-state index contributed by atoms with van der Waals surface area (Å²) in [5, 5.41) is 15.5. The number of benzene rings is 2. The van der Waals surface area contributed by atoms with Gasteiger partial charge in [-0.3, -0.25) is 0 Å². The molecule has 0 amide bonds. The highest BCUT2D eigenvalue weighted by atomic mass is 35.5. The third-order valence-corrected chi connectivity index (χ3v) is 5.63. The fraction of sp³-hybridized carbons (Fsp3) is 0.182. The molecule has 0 saturated carbocycles. The molecule has 1 aliphatic rings. The molecule has 4 rings (SSSR count). The maximum Gasteiger partial charge on any atom is 0.229 e.